The highest BCUT2D eigenvalue weighted by Crippen LogP contribution is 2.32. The maximum Gasteiger partial charge on any atom is 0.303 e. The highest BCUT2D eigenvalue weighted by molar-refractivity contribution is 7.99. The summed E-state index contributed by atoms with van der Waals surface area (Å²) in [6.07, 6.45) is 9.01. The molecule has 1 N–H and O–H groups in total. The van der Waals surface area contributed by atoms with Crippen molar-refractivity contribution in [3.05, 3.63) is 54.4 Å². The fraction of sp³-hybridized carbons (Fsp3) is 0.481. The molecule has 0 amide bonds. The molecule has 1 saturated heterocycles. The van der Waals surface area contributed by atoms with Gasteiger partial charge in [0.25, 0.3) is 0 Å². The smallest absolute Gasteiger partial charge is 0.303 e. The second-order valence-corrected chi connectivity index (χ2v) is 10.3. The van der Waals surface area contributed by atoms with Gasteiger partial charge >= 0.3 is 5.97 Å². The minimum atomic E-state index is -0.688. The third-order valence-electron chi connectivity index (χ3n) is 6.89. The summed E-state index contributed by atoms with van der Waals surface area (Å²) in [4.78, 5) is 18.5. The van der Waals surface area contributed by atoms with Crippen LogP contribution >= 0.6 is 11.8 Å². The van der Waals surface area contributed by atoms with Crippen LogP contribution in [0.4, 0.5) is 0 Å². The van der Waals surface area contributed by atoms with Crippen molar-refractivity contribution in [1.82, 2.24) is 20.1 Å². The van der Waals surface area contributed by atoms with Crippen molar-refractivity contribution in [2.75, 3.05) is 32.5 Å². The maximum atomic E-state index is 11.6. The number of methoxy groups -OCH3 is 1. The molecule has 1 aliphatic rings. The van der Waals surface area contributed by atoms with E-state index in [1.165, 1.54) is 5.56 Å². The monoisotopic (exact) mass is 494 g/mol. The summed E-state index contributed by atoms with van der Waals surface area (Å²) in [5.74, 6) is 1.82. The first-order valence-corrected chi connectivity index (χ1v) is 13.4. The second-order valence-electron chi connectivity index (χ2n) is 9.22. The van der Waals surface area contributed by atoms with Crippen molar-refractivity contribution in [2.45, 2.75) is 43.6 Å². The van der Waals surface area contributed by atoms with Crippen molar-refractivity contribution >= 4 is 28.6 Å². The lowest BCUT2D eigenvalue weighted by Gasteiger charge is -2.38. The molecule has 0 aliphatic carbocycles. The van der Waals surface area contributed by atoms with Gasteiger partial charge in [-0.15, -0.1) is 16.9 Å². The zero-order chi connectivity index (χ0) is 24.5. The third kappa shape index (κ3) is 7.39. The summed E-state index contributed by atoms with van der Waals surface area (Å²) in [6.45, 7) is 2.93. The van der Waals surface area contributed by atoms with Crippen LogP contribution in [-0.2, 0) is 11.2 Å². The number of hydrogen-bond acceptors (Lipinski definition) is 7. The standard InChI is InChI=1S/C27H34N4O3S/c1-34-23-8-9-25-24(18-23)21(10-13-28-25)6-2-5-20-11-15-31(19-22(20)17-27(32)33)14-4-16-35-26-7-3-12-29-30-26/h3,7-10,12-13,18,20,22H,2,4-6,11,14-17,19H2,1H3,(H,32,33)/t20-,22+/m1/s1. The normalized spacial score (nSPS) is 18.5. The van der Waals surface area contributed by atoms with Gasteiger partial charge in [-0.05, 0) is 99.0 Å². The molecule has 2 aromatic heterocycles. The van der Waals surface area contributed by atoms with Crippen LogP contribution in [-0.4, -0.2) is 63.7 Å². The molecule has 0 radical (unpaired) electrons. The van der Waals surface area contributed by atoms with E-state index in [9.17, 15) is 9.90 Å². The van der Waals surface area contributed by atoms with Gasteiger partial charge in [-0.1, -0.05) is 0 Å². The SMILES string of the molecule is COc1ccc2nccc(CCC[C@@H]3CCN(CCCSc4cccnn4)C[C@@H]3CC(=O)O)c2c1. The number of benzene rings is 1. The molecule has 4 rings (SSSR count). The molecule has 0 bridgehead atoms. The van der Waals surface area contributed by atoms with Gasteiger partial charge in [-0.2, -0.15) is 5.10 Å². The topological polar surface area (TPSA) is 88.4 Å². The van der Waals surface area contributed by atoms with Crippen LogP contribution in [0.3, 0.4) is 0 Å². The van der Waals surface area contributed by atoms with Crippen molar-refractivity contribution in [2.24, 2.45) is 11.8 Å². The Morgan fingerprint density at radius 1 is 1.20 bits per heavy atom. The highest BCUT2D eigenvalue weighted by atomic mass is 32.2. The van der Waals surface area contributed by atoms with Gasteiger partial charge in [0.05, 0.1) is 12.6 Å². The Hall–Kier alpha value is -2.71. The van der Waals surface area contributed by atoms with E-state index < -0.39 is 5.97 Å². The van der Waals surface area contributed by atoms with Crippen LogP contribution in [0, 0.1) is 11.8 Å². The van der Waals surface area contributed by atoms with Crippen LogP contribution in [0.1, 0.15) is 37.7 Å². The van der Waals surface area contributed by atoms with Gasteiger partial charge in [-0.3, -0.25) is 9.78 Å². The lowest BCUT2D eigenvalue weighted by molar-refractivity contribution is -0.139. The van der Waals surface area contributed by atoms with Gasteiger partial charge in [0, 0.05) is 36.5 Å². The van der Waals surface area contributed by atoms with Crippen molar-refractivity contribution in [1.29, 1.82) is 0 Å². The summed E-state index contributed by atoms with van der Waals surface area (Å²) in [7, 11) is 1.68. The zero-order valence-electron chi connectivity index (χ0n) is 20.3. The number of piperidine rings is 1. The first kappa shape index (κ1) is 25.4. The molecule has 0 saturated carbocycles. The number of aryl methyl sites for hydroxylation is 1. The maximum absolute atomic E-state index is 11.6. The fourth-order valence-corrected chi connectivity index (χ4v) is 5.87. The van der Waals surface area contributed by atoms with E-state index in [0.717, 1.165) is 79.2 Å². The molecule has 1 fully saturated rings. The lowest BCUT2D eigenvalue weighted by Crippen LogP contribution is -2.41. The van der Waals surface area contributed by atoms with Gasteiger partial charge < -0.3 is 14.7 Å². The number of carboxylic acid groups (broad SMARTS) is 1. The number of rotatable bonds is 12. The molecule has 8 heteroatoms. The molecule has 0 spiro atoms. The molecular weight excluding hydrogens is 460 g/mol. The summed E-state index contributed by atoms with van der Waals surface area (Å²) in [6, 6.07) is 12.0. The van der Waals surface area contributed by atoms with Crippen LogP contribution in [0.5, 0.6) is 5.75 Å². The summed E-state index contributed by atoms with van der Waals surface area (Å²) >= 11 is 1.73. The number of aromatic nitrogens is 3. The number of nitrogens with zero attached hydrogens (tertiary/aromatic N) is 4. The first-order chi connectivity index (χ1) is 17.1. The Morgan fingerprint density at radius 2 is 2.11 bits per heavy atom. The summed E-state index contributed by atoms with van der Waals surface area (Å²) in [5, 5.41) is 19.7. The molecule has 0 unspecified atom stereocenters. The fourth-order valence-electron chi connectivity index (χ4n) is 5.11. The number of ether oxygens (including phenoxy) is 1. The molecule has 1 aromatic carbocycles. The highest BCUT2D eigenvalue weighted by Gasteiger charge is 2.30. The Morgan fingerprint density at radius 3 is 2.91 bits per heavy atom. The Labute approximate surface area is 211 Å². The van der Waals surface area contributed by atoms with Gasteiger partial charge in [0.2, 0.25) is 0 Å². The Kier molecular flexibility index (Phi) is 9.31. The van der Waals surface area contributed by atoms with E-state index >= 15 is 0 Å². The van der Waals surface area contributed by atoms with E-state index in [2.05, 4.69) is 32.2 Å². The number of pyridine rings is 1. The number of carboxylic acids is 1. The Balaban J connectivity index is 1.27. The summed E-state index contributed by atoms with van der Waals surface area (Å²) in [5.41, 5.74) is 2.26. The van der Waals surface area contributed by atoms with E-state index in [0.29, 0.717) is 5.92 Å². The summed E-state index contributed by atoms with van der Waals surface area (Å²) < 4.78 is 5.40. The molecular formula is C27H34N4O3S. The molecule has 3 aromatic rings. The molecule has 35 heavy (non-hydrogen) atoms. The number of likely N-dealkylation sites (tertiary alicyclic amines) is 1. The predicted molar refractivity (Wildman–Crippen MR) is 139 cm³/mol. The lowest BCUT2D eigenvalue weighted by atomic mass is 9.80. The largest absolute Gasteiger partial charge is 0.497 e. The molecule has 3 heterocycles. The van der Waals surface area contributed by atoms with Crippen molar-refractivity contribution in [3.8, 4) is 5.75 Å². The van der Waals surface area contributed by atoms with E-state index in [4.69, 9.17) is 4.74 Å². The zero-order valence-corrected chi connectivity index (χ0v) is 21.1. The molecule has 186 valence electrons. The number of carbonyl (C=O) groups is 1. The van der Waals surface area contributed by atoms with Crippen LogP contribution < -0.4 is 4.74 Å². The second kappa shape index (κ2) is 12.8. The Bertz CT molecular complexity index is 1100. The van der Waals surface area contributed by atoms with E-state index in [1.54, 1.807) is 25.1 Å². The van der Waals surface area contributed by atoms with Crippen molar-refractivity contribution in [3.63, 3.8) is 0 Å². The number of hydrogen-bond donors (Lipinski definition) is 1. The van der Waals surface area contributed by atoms with Gasteiger partial charge in [0.1, 0.15) is 10.8 Å². The number of fused-ring (bicyclic) bond motifs is 1. The van der Waals surface area contributed by atoms with E-state index in [-0.39, 0.29) is 12.3 Å². The number of thioether (sulfide) groups is 1. The van der Waals surface area contributed by atoms with Crippen LogP contribution in [0.25, 0.3) is 10.9 Å². The van der Waals surface area contributed by atoms with Crippen LogP contribution in [0.15, 0.2) is 53.8 Å². The molecule has 2 atom stereocenters. The molecule has 7 nitrogen and oxygen atoms in total. The minimum Gasteiger partial charge on any atom is -0.497 e. The third-order valence-corrected chi connectivity index (χ3v) is 7.90. The van der Waals surface area contributed by atoms with Crippen molar-refractivity contribution < 1.29 is 14.6 Å². The number of aliphatic carboxylic acids is 1. The average molecular weight is 495 g/mol. The van der Waals surface area contributed by atoms with E-state index in [1.807, 2.05) is 30.5 Å². The first-order valence-electron chi connectivity index (χ1n) is 12.4. The average Bonchev–Trinajstić information content (AvgIpc) is 2.88. The van der Waals surface area contributed by atoms with Gasteiger partial charge in [0.15, 0.2) is 0 Å². The van der Waals surface area contributed by atoms with Crippen LogP contribution in [0.2, 0.25) is 0 Å². The minimum absolute atomic E-state index is 0.211. The van der Waals surface area contributed by atoms with Gasteiger partial charge in [-0.25, -0.2) is 0 Å². The molecule has 1 aliphatic heterocycles. The quantitative estimate of drug-likeness (QED) is 0.279. The predicted octanol–water partition coefficient (Wildman–Crippen LogP) is 4.95.